The molecule has 0 saturated heterocycles. The van der Waals surface area contributed by atoms with E-state index >= 15 is 0 Å². The lowest BCUT2D eigenvalue weighted by atomic mass is 9.71. The number of carbonyl (C=O) groups is 1. The Bertz CT molecular complexity index is 454. The summed E-state index contributed by atoms with van der Waals surface area (Å²) < 4.78 is 4.94. The maximum atomic E-state index is 11.9. The first kappa shape index (κ1) is 14.1. The van der Waals surface area contributed by atoms with Crippen LogP contribution in [0.4, 0.5) is 0 Å². The number of hydrogen-bond donors (Lipinski definition) is 1. The third-order valence-corrected chi connectivity index (χ3v) is 3.99. The largest absolute Gasteiger partial charge is 0.384 e. The van der Waals surface area contributed by atoms with Crippen LogP contribution in [-0.4, -0.2) is 19.6 Å². The third kappa shape index (κ3) is 3.16. The fraction of sp³-hybridized carbons (Fsp3) is 0.562. The monoisotopic (exact) mass is 261 g/mol. The molecule has 2 rings (SSSR count). The topological polar surface area (TPSA) is 38.3 Å². The van der Waals surface area contributed by atoms with Gasteiger partial charge in [0, 0.05) is 13.5 Å². The Morgan fingerprint density at radius 3 is 2.89 bits per heavy atom. The van der Waals surface area contributed by atoms with Crippen LogP contribution >= 0.6 is 0 Å². The molecule has 0 aliphatic heterocycles. The molecule has 1 N–H and O–H groups in total. The van der Waals surface area contributed by atoms with Crippen LogP contribution in [0.1, 0.15) is 50.3 Å². The second-order valence-electron chi connectivity index (χ2n) is 5.87. The number of benzene rings is 1. The van der Waals surface area contributed by atoms with Crippen molar-refractivity contribution < 1.29 is 9.53 Å². The first-order chi connectivity index (χ1) is 9.04. The van der Waals surface area contributed by atoms with Crippen molar-refractivity contribution in [2.45, 2.75) is 44.6 Å². The normalized spacial score (nSPS) is 20.7. The number of nitrogens with one attached hydrogen (secondary N) is 1. The van der Waals surface area contributed by atoms with E-state index in [2.05, 4.69) is 43.4 Å². The molecule has 3 nitrogen and oxygen atoms in total. The molecule has 1 aliphatic carbocycles. The van der Waals surface area contributed by atoms with Gasteiger partial charge < -0.3 is 10.1 Å². The Balaban J connectivity index is 2.14. The predicted molar refractivity (Wildman–Crippen MR) is 76.1 cm³/mol. The van der Waals surface area contributed by atoms with E-state index in [9.17, 15) is 4.79 Å². The average molecular weight is 261 g/mol. The Hall–Kier alpha value is -1.35. The summed E-state index contributed by atoms with van der Waals surface area (Å²) in [5.41, 5.74) is 2.83. The molecule has 19 heavy (non-hydrogen) atoms. The molecule has 1 aromatic rings. The van der Waals surface area contributed by atoms with Crippen LogP contribution in [0.5, 0.6) is 0 Å². The van der Waals surface area contributed by atoms with Crippen molar-refractivity contribution in [2.24, 2.45) is 0 Å². The Morgan fingerprint density at radius 2 is 2.16 bits per heavy atom. The van der Waals surface area contributed by atoms with Crippen LogP contribution in [0.2, 0.25) is 0 Å². The number of ether oxygens (including phenoxy) is 1. The highest BCUT2D eigenvalue weighted by molar-refractivity contribution is 5.76. The predicted octanol–water partition coefficient (Wildman–Crippen LogP) is 2.95. The van der Waals surface area contributed by atoms with E-state index in [1.54, 1.807) is 7.11 Å². The van der Waals surface area contributed by atoms with E-state index in [1.165, 1.54) is 11.1 Å². The molecule has 0 saturated carbocycles. The second kappa shape index (κ2) is 5.74. The van der Waals surface area contributed by atoms with Crippen LogP contribution in [0.3, 0.4) is 0 Å². The van der Waals surface area contributed by atoms with Gasteiger partial charge in [-0.05, 0) is 29.4 Å². The molecule has 1 amide bonds. The van der Waals surface area contributed by atoms with Gasteiger partial charge in [-0.25, -0.2) is 0 Å². The standard InChI is InChI=1S/C16H23NO2/c1-16(2)10-8-14(17-15(18)9-11-19-3)12-6-4-5-7-13(12)16/h4-7,14H,8-11H2,1-3H3,(H,17,18). The van der Waals surface area contributed by atoms with Crippen molar-refractivity contribution in [3.8, 4) is 0 Å². The van der Waals surface area contributed by atoms with Crippen LogP contribution in [0.15, 0.2) is 24.3 Å². The lowest BCUT2D eigenvalue weighted by molar-refractivity contribution is -0.122. The van der Waals surface area contributed by atoms with Gasteiger partial charge in [-0.1, -0.05) is 38.1 Å². The SMILES string of the molecule is COCCC(=O)NC1CCC(C)(C)c2ccccc21. The Morgan fingerprint density at radius 1 is 1.42 bits per heavy atom. The van der Waals surface area contributed by atoms with Gasteiger partial charge in [0.05, 0.1) is 12.6 Å². The zero-order valence-corrected chi connectivity index (χ0v) is 12.0. The summed E-state index contributed by atoms with van der Waals surface area (Å²) in [6, 6.07) is 8.60. The zero-order chi connectivity index (χ0) is 13.9. The summed E-state index contributed by atoms with van der Waals surface area (Å²) >= 11 is 0. The number of rotatable bonds is 4. The van der Waals surface area contributed by atoms with Gasteiger partial charge >= 0.3 is 0 Å². The van der Waals surface area contributed by atoms with Crippen LogP contribution in [0.25, 0.3) is 0 Å². The molecule has 0 aromatic heterocycles. The first-order valence-corrected chi connectivity index (χ1v) is 6.92. The summed E-state index contributed by atoms with van der Waals surface area (Å²) in [6.07, 6.45) is 2.53. The van der Waals surface area contributed by atoms with Gasteiger partial charge in [-0.15, -0.1) is 0 Å². The van der Waals surface area contributed by atoms with E-state index in [0.717, 1.165) is 12.8 Å². The van der Waals surface area contributed by atoms with Crippen LogP contribution in [-0.2, 0) is 14.9 Å². The maximum Gasteiger partial charge on any atom is 0.222 e. The molecule has 1 aliphatic rings. The van der Waals surface area contributed by atoms with Gasteiger partial charge in [0.15, 0.2) is 0 Å². The summed E-state index contributed by atoms with van der Waals surface area (Å²) in [5, 5.41) is 3.13. The van der Waals surface area contributed by atoms with E-state index < -0.39 is 0 Å². The van der Waals surface area contributed by atoms with Crippen LogP contribution in [0, 0.1) is 0 Å². The maximum absolute atomic E-state index is 11.9. The van der Waals surface area contributed by atoms with Gasteiger partial charge in [0.25, 0.3) is 0 Å². The minimum atomic E-state index is 0.0707. The minimum absolute atomic E-state index is 0.0707. The van der Waals surface area contributed by atoms with Crippen molar-refractivity contribution in [3.05, 3.63) is 35.4 Å². The zero-order valence-electron chi connectivity index (χ0n) is 12.0. The quantitative estimate of drug-likeness (QED) is 0.905. The minimum Gasteiger partial charge on any atom is -0.384 e. The van der Waals surface area contributed by atoms with Gasteiger partial charge in [0.2, 0.25) is 5.91 Å². The molecule has 1 aromatic carbocycles. The number of carbonyl (C=O) groups excluding carboxylic acids is 1. The molecule has 0 heterocycles. The molecule has 0 radical (unpaired) electrons. The van der Waals surface area contributed by atoms with Crippen molar-refractivity contribution in [3.63, 3.8) is 0 Å². The van der Waals surface area contributed by atoms with E-state index in [4.69, 9.17) is 4.74 Å². The van der Waals surface area contributed by atoms with Gasteiger partial charge in [-0.2, -0.15) is 0 Å². The van der Waals surface area contributed by atoms with Crippen molar-refractivity contribution >= 4 is 5.91 Å². The fourth-order valence-electron chi connectivity index (χ4n) is 2.82. The molecule has 1 atom stereocenters. The lowest BCUT2D eigenvalue weighted by Crippen LogP contribution is -2.35. The van der Waals surface area contributed by atoms with Gasteiger partial charge in [0.1, 0.15) is 0 Å². The molecule has 3 heteroatoms. The average Bonchev–Trinajstić information content (AvgIpc) is 2.40. The number of hydrogen-bond acceptors (Lipinski definition) is 2. The fourth-order valence-corrected chi connectivity index (χ4v) is 2.82. The Kier molecular flexibility index (Phi) is 4.25. The third-order valence-electron chi connectivity index (χ3n) is 3.99. The highest BCUT2D eigenvalue weighted by Gasteiger charge is 2.32. The van der Waals surface area contributed by atoms with E-state index in [1.807, 2.05) is 0 Å². The Labute approximate surface area is 115 Å². The van der Waals surface area contributed by atoms with Crippen molar-refractivity contribution in [2.75, 3.05) is 13.7 Å². The number of fused-ring (bicyclic) bond motifs is 1. The number of amides is 1. The molecular weight excluding hydrogens is 238 g/mol. The summed E-state index contributed by atoms with van der Waals surface area (Å²) in [6.45, 7) is 5.02. The molecule has 0 fully saturated rings. The highest BCUT2D eigenvalue weighted by Crippen LogP contribution is 2.41. The summed E-state index contributed by atoms with van der Waals surface area (Å²) in [7, 11) is 1.62. The lowest BCUT2D eigenvalue weighted by Gasteiger charge is -2.37. The molecule has 104 valence electrons. The van der Waals surface area contributed by atoms with Crippen molar-refractivity contribution in [1.82, 2.24) is 5.32 Å². The van der Waals surface area contributed by atoms with Gasteiger partial charge in [-0.3, -0.25) is 4.79 Å². The molecule has 0 spiro atoms. The molecule has 1 unspecified atom stereocenters. The highest BCUT2D eigenvalue weighted by atomic mass is 16.5. The summed E-state index contributed by atoms with van der Waals surface area (Å²) in [5.74, 6) is 0.0707. The molecule has 0 bridgehead atoms. The first-order valence-electron chi connectivity index (χ1n) is 6.92. The van der Waals surface area contributed by atoms with Crippen LogP contribution < -0.4 is 5.32 Å². The number of methoxy groups -OCH3 is 1. The van der Waals surface area contributed by atoms with Crippen molar-refractivity contribution in [1.29, 1.82) is 0 Å². The van der Waals surface area contributed by atoms with E-state index in [0.29, 0.717) is 13.0 Å². The summed E-state index contributed by atoms with van der Waals surface area (Å²) in [4.78, 5) is 11.9. The second-order valence-corrected chi connectivity index (χ2v) is 5.87. The molecular formula is C16H23NO2. The smallest absolute Gasteiger partial charge is 0.222 e. The van der Waals surface area contributed by atoms with E-state index in [-0.39, 0.29) is 17.4 Å².